The van der Waals surface area contributed by atoms with Crippen LogP contribution < -0.4 is 4.74 Å². The molecule has 0 radical (unpaired) electrons. The van der Waals surface area contributed by atoms with E-state index >= 15 is 0 Å². The second kappa shape index (κ2) is 11.4. The van der Waals surface area contributed by atoms with Crippen molar-refractivity contribution in [3.05, 3.63) is 52.4 Å². The number of carbonyl (C=O) groups excluding carboxylic acids is 1. The number of hydrogen-bond acceptors (Lipinski definition) is 5. The van der Waals surface area contributed by atoms with Crippen LogP contribution in [0.5, 0.6) is 5.06 Å². The second-order valence-electron chi connectivity index (χ2n) is 8.40. The van der Waals surface area contributed by atoms with Crippen molar-refractivity contribution in [1.29, 1.82) is 0 Å². The van der Waals surface area contributed by atoms with Gasteiger partial charge in [-0.3, -0.25) is 4.79 Å². The average molecular weight is 445 g/mol. The largest absolute Gasteiger partial charge is 0.512 e. The zero-order valence-corrected chi connectivity index (χ0v) is 18.9. The van der Waals surface area contributed by atoms with Crippen molar-refractivity contribution in [3.8, 4) is 5.06 Å². The van der Waals surface area contributed by atoms with Gasteiger partial charge in [-0.05, 0) is 61.3 Å². The summed E-state index contributed by atoms with van der Waals surface area (Å²) in [5.74, 6) is 0.595. The van der Waals surface area contributed by atoms with Gasteiger partial charge in [-0.25, -0.2) is 4.79 Å². The number of ether oxygens (including phenoxy) is 1. The molecule has 5 nitrogen and oxygen atoms in total. The van der Waals surface area contributed by atoms with E-state index in [9.17, 15) is 14.7 Å². The van der Waals surface area contributed by atoms with E-state index < -0.39 is 12.3 Å². The standard InChI is InChI=1S/C25H32O5S/c1-2-3-4-8-21(26)17-9-11-19(12-10-17)24-18(13-15-22(24)27)6-5-7-20-14-16-23(31-20)30-25(28)29/h9-12,14,16,18,21,24,26H,2-8,13,15H2,1H3,(H,28,29)/t18-,21-,24-/m0/s1. The molecular weight excluding hydrogens is 412 g/mol. The summed E-state index contributed by atoms with van der Waals surface area (Å²) >= 11 is 1.36. The van der Waals surface area contributed by atoms with Crippen LogP contribution in [0, 0.1) is 5.92 Å². The fraction of sp³-hybridized carbons (Fsp3) is 0.520. The number of aliphatic hydroxyl groups is 1. The highest BCUT2D eigenvalue weighted by Gasteiger charge is 2.35. The molecule has 0 unspecified atom stereocenters. The highest BCUT2D eigenvalue weighted by Crippen LogP contribution is 2.40. The number of hydrogen-bond donors (Lipinski definition) is 2. The predicted octanol–water partition coefficient (Wildman–Crippen LogP) is 6.50. The number of rotatable bonds is 11. The molecule has 3 atom stereocenters. The Kier molecular flexibility index (Phi) is 8.67. The summed E-state index contributed by atoms with van der Waals surface area (Å²) in [4.78, 5) is 24.3. The molecule has 1 aliphatic rings. The molecule has 1 fully saturated rings. The van der Waals surface area contributed by atoms with Crippen LogP contribution in [0.1, 0.15) is 86.3 Å². The fourth-order valence-corrected chi connectivity index (χ4v) is 5.42. The summed E-state index contributed by atoms with van der Waals surface area (Å²) in [7, 11) is 0. The molecule has 0 saturated heterocycles. The van der Waals surface area contributed by atoms with Crippen LogP contribution in [-0.2, 0) is 11.2 Å². The Bertz CT molecular complexity index is 857. The molecule has 0 aliphatic heterocycles. The minimum Gasteiger partial charge on any atom is -0.449 e. The third kappa shape index (κ3) is 6.65. The van der Waals surface area contributed by atoms with E-state index in [-0.39, 0.29) is 5.92 Å². The normalized spacial score (nSPS) is 19.5. The van der Waals surface area contributed by atoms with Crippen LogP contribution in [0.2, 0.25) is 0 Å². The Morgan fingerprint density at radius 1 is 1.16 bits per heavy atom. The SMILES string of the molecule is CCCCC[C@H](O)c1ccc([C@H]2C(=O)CC[C@@H]2CCCc2ccc(OC(=O)O)s2)cc1. The van der Waals surface area contributed by atoms with E-state index in [2.05, 4.69) is 11.7 Å². The fourth-order valence-electron chi connectivity index (χ4n) is 4.53. The molecule has 3 rings (SSSR count). The highest BCUT2D eigenvalue weighted by molar-refractivity contribution is 7.13. The van der Waals surface area contributed by atoms with Gasteiger partial charge in [0.25, 0.3) is 0 Å². The van der Waals surface area contributed by atoms with Gasteiger partial charge in [-0.2, -0.15) is 0 Å². The van der Waals surface area contributed by atoms with Crippen LogP contribution in [0.15, 0.2) is 36.4 Å². The quantitative estimate of drug-likeness (QED) is 0.305. The molecular formula is C25H32O5S. The Balaban J connectivity index is 1.54. The lowest BCUT2D eigenvalue weighted by molar-refractivity contribution is -0.119. The van der Waals surface area contributed by atoms with E-state index in [4.69, 9.17) is 5.11 Å². The molecule has 6 heteroatoms. The van der Waals surface area contributed by atoms with Crippen molar-refractivity contribution in [2.75, 3.05) is 0 Å². The molecule has 1 aromatic carbocycles. The lowest BCUT2D eigenvalue weighted by Gasteiger charge is -2.20. The molecule has 168 valence electrons. The average Bonchev–Trinajstić information content (AvgIpc) is 3.34. The number of carboxylic acid groups (broad SMARTS) is 1. The van der Waals surface area contributed by atoms with Crippen molar-refractivity contribution in [3.63, 3.8) is 0 Å². The number of ketones is 1. The summed E-state index contributed by atoms with van der Waals surface area (Å²) in [5, 5.41) is 19.5. The third-order valence-corrected chi connectivity index (χ3v) is 7.19. The monoisotopic (exact) mass is 444 g/mol. The van der Waals surface area contributed by atoms with Crippen molar-refractivity contribution in [2.45, 2.75) is 76.7 Å². The van der Waals surface area contributed by atoms with E-state index in [1.54, 1.807) is 6.07 Å². The van der Waals surface area contributed by atoms with Gasteiger partial charge in [0.1, 0.15) is 5.78 Å². The first-order valence-corrected chi connectivity index (χ1v) is 12.1. The zero-order chi connectivity index (χ0) is 22.2. The van der Waals surface area contributed by atoms with Crippen LogP contribution in [0.4, 0.5) is 4.79 Å². The van der Waals surface area contributed by atoms with E-state index in [0.29, 0.717) is 23.2 Å². The molecule has 0 bridgehead atoms. The minimum absolute atomic E-state index is 0.0551. The summed E-state index contributed by atoms with van der Waals surface area (Å²) in [5.41, 5.74) is 1.99. The maximum Gasteiger partial charge on any atom is 0.512 e. The van der Waals surface area contributed by atoms with Crippen molar-refractivity contribution in [2.24, 2.45) is 5.92 Å². The Labute approximate surface area is 188 Å². The molecule has 0 amide bonds. The molecule has 1 heterocycles. The first-order valence-electron chi connectivity index (χ1n) is 11.3. The maximum atomic E-state index is 12.6. The van der Waals surface area contributed by atoms with Crippen molar-refractivity contribution in [1.82, 2.24) is 0 Å². The number of unbranched alkanes of at least 4 members (excludes halogenated alkanes) is 2. The summed E-state index contributed by atoms with van der Waals surface area (Å²) in [6.07, 6.45) is 6.67. The Morgan fingerprint density at radius 2 is 1.94 bits per heavy atom. The van der Waals surface area contributed by atoms with Crippen molar-refractivity contribution < 1.29 is 24.5 Å². The van der Waals surface area contributed by atoms with Gasteiger partial charge < -0.3 is 14.9 Å². The lowest BCUT2D eigenvalue weighted by atomic mass is 9.84. The second-order valence-corrected chi connectivity index (χ2v) is 9.53. The van der Waals surface area contributed by atoms with Gasteiger partial charge in [0, 0.05) is 17.2 Å². The molecule has 2 aromatic rings. The number of thiophene rings is 1. The van der Waals surface area contributed by atoms with Crippen LogP contribution >= 0.6 is 11.3 Å². The Hall–Kier alpha value is -2.18. The van der Waals surface area contributed by atoms with E-state index in [1.165, 1.54) is 11.3 Å². The lowest BCUT2D eigenvalue weighted by Crippen LogP contribution is -2.13. The van der Waals surface area contributed by atoms with Gasteiger partial charge in [0.15, 0.2) is 5.06 Å². The number of aryl methyl sites for hydroxylation is 1. The minimum atomic E-state index is -1.29. The van der Waals surface area contributed by atoms with Gasteiger partial charge >= 0.3 is 6.16 Å². The zero-order valence-electron chi connectivity index (χ0n) is 18.1. The first kappa shape index (κ1) is 23.5. The number of carbonyl (C=O) groups is 2. The highest BCUT2D eigenvalue weighted by atomic mass is 32.1. The Morgan fingerprint density at radius 3 is 2.65 bits per heavy atom. The predicted molar refractivity (Wildman–Crippen MR) is 122 cm³/mol. The summed E-state index contributed by atoms with van der Waals surface area (Å²) in [6, 6.07) is 11.6. The van der Waals surface area contributed by atoms with Gasteiger partial charge in [-0.15, -0.1) is 11.3 Å². The molecule has 0 spiro atoms. The van der Waals surface area contributed by atoms with Gasteiger partial charge in [-0.1, -0.05) is 50.5 Å². The number of aliphatic hydroxyl groups excluding tert-OH is 1. The van der Waals surface area contributed by atoms with E-state index in [0.717, 1.165) is 67.4 Å². The van der Waals surface area contributed by atoms with Crippen LogP contribution in [-0.4, -0.2) is 22.2 Å². The molecule has 31 heavy (non-hydrogen) atoms. The topological polar surface area (TPSA) is 83.8 Å². The van der Waals surface area contributed by atoms with E-state index in [1.807, 2.05) is 30.3 Å². The molecule has 1 saturated carbocycles. The van der Waals surface area contributed by atoms with Crippen LogP contribution in [0.3, 0.4) is 0 Å². The number of Topliss-reactive ketones (excluding diaryl/α,β-unsaturated/α-hetero) is 1. The van der Waals surface area contributed by atoms with Gasteiger partial charge in [0.2, 0.25) is 0 Å². The first-order chi connectivity index (χ1) is 15.0. The van der Waals surface area contributed by atoms with Crippen LogP contribution in [0.25, 0.3) is 0 Å². The molecule has 1 aromatic heterocycles. The van der Waals surface area contributed by atoms with Crippen molar-refractivity contribution >= 4 is 23.3 Å². The smallest absolute Gasteiger partial charge is 0.449 e. The summed E-state index contributed by atoms with van der Waals surface area (Å²) in [6.45, 7) is 2.15. The summed E-state index contributed by atoms with van der Waals surface area (Å²) < 4.78 is 4.69. The number of benzene rings is 1. The van der Waals surface area contributed by atoms with Gasteiger partial charge in [0.05, 0.1) is 6.10 Å². The third-order valence-electron chi connectivity index (χ3n) is 6.16. The maximum absolute atomic E-state index is 12.6. The molecule has 2 N–H and O–H groups in total. The molecule has 1 aliphatic carbocycles.